The maximum atomic E-state index is 6.43. The second-order valence-corrected chi connectivity index (χ2v) is 14.7. The fourth-order valence-electron chi connectivity index (χ4n) is 9.33. The monoisotopic (exact) mass is 712 g/mol. The third kappa shape index (κ3) is 4.50. The van der Waals surface area contributed by atoms with Crippen molar-refractivity contribution in [2.45, 2.75) is 0 Å². The van der Waals surface area contributed by atoms with E-state index in [0.717, 1.165) is 55.0 Å². The molecule has 2 heteroatoms. The second kappa shape index (κ2) is 12.0. The first-order valence-electron chi connectivity index (χ1n) is 19.2. The minimum atomic E-state index is 0.891. The zero-order valence-corrected chi connectivity index (χ0v) is 30.3. The van der Waals surface area contributed by atoms with Crippen LogP contribution in [0.3, 0.4) is 0 Å². The lowest BCUT2D eigenvalue weighted by atomic mass is 9.83. The van der Waals surface area contributed by atoms with Crippen molar-refractivity contribution < 1.29 is 8.83 Å². The van der Waals surface area contributed by atoms with E-state index in [2.05, 4.69) is 182 Å². The molecule has 0 fully saturated rings. The lowest BCUT2D eigenvalue weighted by Crippen LogP contribution is -1.93. The summed E-state index contributed by atoms with van der Waals surface area (Å²) in [5.41, 5.74) is 13.1. The Labute approximate surface area is 322 Å². The van der Waals surface area contributed by atoms with Gasteiger partial charge in [-0.25, -0.2) is 0 Å². The molecule has 12 rings (SSSR count). The zero-order valence-electron chi connectivity index (χ0n) is 30.3. The lowest BCUT2D eigenvalue weighted by molar-refractivity contribution is 0.668. The molecule has 0 radical (unpaired) electrons. The summed E-state index contributed by atoms with van der Waals surface area (Å²) in [5.74, 6) is 0. The highest BCUT2D eigenvalue weighted by Crippen LogP contribution is 2.49. The first-order valence-corrected chi connectivity index (χ1v) is 19.2. The number of hydrogen-bond donors (Lipinski definition) is 0. The third-order valence-corrected chi connectivity index (χ3v) is 11.7. The highest BCUT2D eigenvalue weighted by atomic mass is 16.3. The minimum Gasteiger partial charge on any atom is -0.456 e. The molecule has 0 saturated carbocycles. The van der Waals surface area contributed by atoms with E-state index in [1.165, 1.54) is 65.7 Å². The number of furan rings is 2. The predicted octanol–water partition coefficient (Wildman–Crippen LogP) is 15.6. The molecule has 0 atom stereocenters. The van der Waals surface area contributed by atoms with Crippen molar-refractivity contribution in [3.63, 3.8) is 0 Å². The van der Waals surface area contributed by atoms with Gasteiger partial charge in [-0.05, 0) is 107 Å². The fraction of sp³-hybridized carbons (Fsp3) is 0. The van der Waals surface area contributed by atoms with Crippen LogP contribution in [0.15, 0.2) is 203 Å². The quantitative estimate of drug-likeness (QED) is 0.170. The average molecular weight is 713 g/mol. The van der Waals surface area contributed by atoms with Crippen LogP contribution < -0.4 is 0 Å². The van der Waals surface area contributed by atoms with Crippen LogP contribution >= 0.6 is 0 Å². The Balaban J connectivity index is 1.26. The summed E-state index contributed by atoms with van der Waals surface area (Å²) in [6, 6.07) is 69.9. The van der Waals surface area contributed by atoms with Crippen molar-refractivity contribution in [3.8, 4) is 44.5 Å². The predicted molar refractivity (Wildman–Crippen MR) is 235 cm³/mol. The summed E-state index contributed by atoms with van der Waals surface area (Å²) < 4.78 is 12.9. The first-order chi connectivity index (χ1) is 27.8. The van der Waals surface area contributed by atoms with E-state index in [0.29, 0.717) is 0 Å². The van der Waals surface area contributed by atoms with E-state index < -0.39 is 0 Å². The van der Waals surface area contributed by atoms with Crippen LogP contribution in [0.2, 0.25) is 0 Å². The number of hydrogen-bond acceptors (Lipinski definition) is 2. The van der Waals surface area contributed by atoms with E-state index >= 15 is 0 Å². The summed E-state index contributed by atoms with van der Waals surface area (Å²) in [4.78, 5) is 0. The number of para-hydroxylation sites is 2. The van der Waals surface area contributed by atoms with Crippen molar-refractivity contribution in [2.24, 2.45) is 0 Å². The second-order valence-electron chi connectivity index (χ2n) is 14.7. The van der Waals surface area contributed by atoms with Gasteiger partial charge in [0.05, 0.1) is 0 Å². The molecule has 0 bridgehead atoms. The Hall–Kier alpha value is -7.42. The van der Waals surface area contributed by atoms with Gasteiger partial charge in [0, 0.05) is 21.5 Å². The van der Waals surface area contributed by atoms with Gasteiger partial charge in [0.25, 0.3) is 0 Å². The Morgan fingerprint density at radius 2 is 0.679 bits per heavy atom. The standard InChI is InChI=1S/C54H32O2/c1-2-14-33(15-3-1)35-20-8-16-34-17-9-27-44(51(34)35)52-40-23-10-21-36(38-25-12-30-49-53(38)42-18-4-6-28-47(42)55-49)45(40)32-46-37(22-11-24-41(46)52)39-26-13-31-50-54(39)43-19-5-7-29-48(43)56-50/h1-32H. The molecule has 2 heterocycles. The molecule has 2 nitrogen and oxygen atoms in total. The summed E-state index contributed by atoms with van der Waals surface area (Å²) in [6.45, 7) is 0. The zero-order chi connectivity index (χ0) is 36.7. The molecular weight excluding hydrogens is 681 g/mol. The third-order valence-electron chi connectivity index (χ3n) is 11.7. The van der Waals surface area contributed by atoms with Crippen molar-refractivity contribution >= 4 is 76.2 Å². The molecule has 12 aromatic rings. The van der Waals surface area contributed by atoms with Gasteiger partial charge in [-0.1, -0.05) is 164 Å². The van der Waals surface area contributed by atoms with Crippen molar-refractivity contribution in [1.82, 2.24) is 0 Å². The number of rotatable bonds is 4. The van der Waals surface area contributed by atoms with Crippen LogP contribution in [0.4, 0.5) is 0 Å². The van der Waals surface area contributed by atoms with E-state index in [4.69, 9.17) is 8.83 Å². The maximum absolute atomic E-state index is 6.43. The normalized spacial score (nSPS) is 11.9. The van der Waals surface area contributed by atoms with E-state index in [-0.39, 0.29) is 0 Å². The summed E-state index contributed by atoms with van der Waals surface area (Å²) in [7, 11) is 0. The molecule has 0 aliphatic carbocycles. The molecule has 0 N–H and O–H groups in total. The van der Waals surface area contributed by atoms with Crippen LogP contribution in [0.25, 0.3) is 121 Å². The minimum absolute atomic E-state index is 0.891. The highest BCUT2D eigenvalue weighted by molar-refractivity contribution is 6.26. The van der Waals surface area contributed by atoms with Crippen LogP contribution in [0, 0.1) is 0 Å². The van der Waals surface area contributed by atoms with Gasteiger partial charge in [0.15, 0.2) is 0 Å². The Kier molecular flexibility index (Phi) is 6.66. The molecule has 0 amide bonds. The molecule has 2 aromatic heterocycles. The van der Waals surface area contributed by atoms with E-state index in [1.54, 1.807) is 0 Å². The van der Waals surface area contributed by atoms with Gasteiger partial charge >= 0.3 is 0 Å². The molecule has 0 spiro atoms. The Morgan fingerprint density at radius 3 is 1.27 bits per heavy atom. The van der Waals surface area contributed by atoms with Crippen LogP contribution in [-0.4, -0.2) is 0 Å². The molecule has 56 heavy (non-hydrogen) atoms. The van der Waals surface area contributed by atoms with Gasteiger partial charge in [-0.3, -0.25) is 0 Å². The van der Waals surface area contributed by atoms with Crippen LogP contribution in [0.1, 0.15) is 0 Å². The maximum Gasteiger partial charge on any atom is 0.136 e. The van der Waals surface area contributed by atoms with Gasteiger partial charge in [0.1, 0.15) is 22.3 Å². The SMILES string of the molecule is c1ccc(-c2cccc3cccc(-c4c5cccc(-c6cccc7oc8ccccc8c67)c5cc5c(-c6cccc7oc8ccccc8c67)cccc45)c23)cc1. The Morgan fingerprint density at radius 1 is 0.250 bits per heavy atom. The highest BCUT2D eigenvalue weighted by Gasteiger charge is 2.22. The number of fused-ring (bicyclic) bond motifs is 9. The van der Waals surface area contributed by atoms with E-state index in [9.17, 15) is 0 Å². The van der Waals surface area contributed by atoms with Crippen LogP contribution in [0.5, 0.6) is 0 Å². The average Bonchev–Trinajstić information content (AvgIpc) is 3.84. The summed E-state index contributed by atoms with van der Waals surface area (Å²) >= 11 is 0. The summed E-state index contributed by atoms with van der Waals surface area (Å²) in [5, 5.41) is 11.8. The Bertz CT molecular complexity index is 3350. The van der Waals surface area contributed by atoms with Gasteiger partial charge < -0.3 is 8.83 Å². The van der Waals surface area contributed by atoms with E-state index in [1.807, 2.05) is 12.1 Å². The fourth-order valence-corrected chi connectivity index (χ4v) is 9.33. The van der Waals surface area contributed by atoms with Crippen molar-refractivity contribution in [2.75, 3.05) is 0 Å². The molecule has 0 unspecified atom stereocenters. The molecule has 0 saturated heterocycles. The van der Waals surface area contributed by atoms with Gasteiger partial charge in [-0.15, -0.1) is 0 Å². The first kappa shape index (κ1) is 31.0. The van der Waals surface area contributed by atoms with Gasteiger partial charge in [-0.2, -0.15) is 0 Å². The molecule has 10 aromatic carbocycles. The number of benzene rings is 10. The summed E-state index contributed by atoms with van der Waals surface area (Å²) in [6.07, 6.45) is 0. The van der Waals surface area contributed by atoms with Crippen LogP contribution in [-0.2, 0) is 0 Å². The lowest BCUT2D eigenvalue weighted by Gasteiger charge is -2.20. The van der Waals surface area contributed by atoms with Crippen molar-refractivity contribution in [1.29, 1.82) is 0 Å². The van der Waals surface area contributed by atoms with Crippen molar-refractivity contribution in [3.05, 3.63) is 194 Å². The topological polar surface area (TPSA) is 26.3 Å². The molecule has 0 aliphatic rings. The smallest absolute Gasteiger partial charge is 0.136 e. The molecular formula is C54H32O2. The largest absolute Gasteiger partial charge is 0.456 e. The molecule has 260 valence electrons. The molecule has 0 aliphatic heterocycles. The van der Waals surface area contributed by atoms with Gasteiger partial charge in [0.2, 0.25) is 0 Å².